The number of primary sulfonamides is 1. The van der Waals surface area contributed by atoms with Crippen molar-refractivity contribution in [3.63, 3.8) is 0 Å². The second kappa shape index (κ2) is 2.72. The van der Waals surface area contributed by atoms with Crippen LogP contribution >= 0.6 is 0 Å². The molecular weight excluding hydrogens is 178 g/mol. The van der Waals surface area contributed by atoms with Crippen molar-refractivity contribution in [2.45, 2.75) is 11.8 Å². The van der Waals surface area contributed by atoms with Crippen molar-refractivity contribution in [3.8, 4) is 0 Å². The molecule has 6 heteroatoms. The maximum absolute atomic E-state index is 10.9. The summed E-state index contributed by atoms with van der Waals surface area (Å²) < 4.78 is 21.7. The maximum atomic E-state index is 10.9. The van der Waals surface area contributed by atoms with Gasteiger partial charge in [-0.1, -0.05) is 0 Å². The van der Waals surface area contributed by atoms with Crippen LogP contribution in [0.2, 0.25) is 0 Å². The van der Waals surface area contributed by atoms with Crippen LogP contribution in [-0.2, 0) is 10.0 Å². The van der Waals surface area contributed by atoms with E-state index in [9.17, 15) is 8.42 Å². The normalized spacial score (nSPS) is 11.5. The van der Waals surface area contributed by atoms with Gasteiger partial charge in [0.1, 0.15) is 10.7 Å². The largest absolute Gasteiger partial charge is 0.384 e. The minimum atomic E-state index is -3.67. The number of aryl methyl sites for hydroxylation is 1. The van der Waals surface area contributed by atoms with E-state index in [-0.39, 0.29) is 10.7 Å². The number of anilines is 1. The number of nitrogens with two attached hydrogens (primary N) is 2. The molecule has 1 aromatic rings. The lowest BCUT2D eigenvalue weighted by Gasteiger charge is -2.01. The van der Waals surface area contributed by atoms with Crippen molar-refractivity contribution in [2.75, 3.05) is 5.73 Å². The second-order valence-corrected chi connectivity index (χ2v) is 3.95. The molecule has 0 atom stereocenters. The van der Waals surface area contributed by atoms with Gasteiger partial charge in [0, 0.05) is 6.20 Å². The van der Waals surface area contributed by atoms with E-state index in [0.717, 1.165) is 6.20 Å². The van der Waals surface area contributed by atoms with Gasteiger partial charge in [-0.3, -0.25) is 0 Å². The third kappa shape index (κ3) is 1.72. The lowest BCUT2D eigenvalue weighted by atomic mass is 10.3. The molecule has 0 aliphatic rings. The van der Waals surface area contributed by atoms with Gasteiger partial charge in [-0.25, -0.2) is 18.5 Å². The molecular formula is C6H9N3O2S. The fraction of sp³-hybridized carbons (Fsp3) is 0.167. The summed E-state index contributed by atoms with van der Waals surface area (Å²) in [5.41, 5.74) is 5.83. The maximum Gasteiger partial charge on any atom is 0.239 e. The van der Waals surface area contributed by atoms with Gasteiger partial charge in [0.15, 0.2) is 0 Å². The highest BCUT2D eigenvalue weighted by Crippen LogP contribution is 2.13. The van der Waals surface area contributed by atoms with E-state index >= 15 is 0 Å². The number of hydrogen-bond donors (Lipinski definition) is 2. The third-order valence-corrected chi connectivity index (χ3v) is 2.43. The Morgan fingerprint density at radius 2 is 2.08 bits per heavy atom. The zero-order valence-corrected chi connectivity index (χ0v) is 7.30. The average molecular weight is 187 g/mol. The highest BCUT2D eigenvalue weighted by atomic mass is 32.2. The molecule has 0 saturated heterocycles. The molecule has 0 aromatic carbocycles. The van der Waals surface area contributed by atoms with Crippen LogP contribution in [-0.4, -0.2) is 13.4 Å². The minimum Gasteiger partial charge on any atom is -0.384 e. The van der Waals surface area contributed by atoms with Crippen LogP contribution in [0.3, 0.4) is 0 Å². The van der Waals surface area contributed by atoms with E-state index in [0.29, 0.717) is 5.56 Å². The van der Waals surface area contributed by atoms with Crippen LogP contribution in [0.4, 0.5) is 5.82 Å². The summed E-state index contributed by atoms with van der Waals surface area (Å²) in [6.45, 7) is 1.61. The molecule has 0 spiro atoms. The molecule has 4 N–H and O–H groups in total. The predicted molar refractivity (Wildman–Crippen MR) is 44.8 cm³/mol. The quantitative estimate of drug-likeness (QED) is 0.626. The van der Waals surface area contributed by atoms with Gasteiger partial charge in [0.2, 0.25) is 10.0 Å². The van der Waals surface area contributed by atoms with Gasteiger partial charge in [-0.05, 0) is 18.6 Å². The third-order valence-electron chi connectivity index (χ3n) is 1.39. The van der Waals surface area contributed by atoms with Crippen LogP contribution in [0.25, 0.3) is 0 Å². The van der Waals surface area contributed by atoms with Gasteiger partial charge in [-0.2, -0.15) is 0 Å². The average Bonchev–Trinajstić information content (AvgIpc) is 1.83. The molecule has 1 rings (SSSR count). The van der Waals surface area contributed by atoms with E-state index in [1.807, 2.05) is 0 Å². The van der Waals surface area contributed by atoms with Gasteiger partial charge in [0.05, 0.1) is 0 Å². The Hall–Kier alpha value is -1.14. The lowest BCUT2D eigenvalue weighted by molar-refractivity contribution is 0.597. The van der Waals surface area contributed by atoms with Crippen molar-refractivity contribution in [1.82, 2.24) is 4.98 Å². The summed E-state index contributed by atoms with van der Waals surface area (Å²) in [5.74, 6) is 0.278. The first kappa shape index (κ1) is 8.95. The number of nitrogens with zero attached hydrogens (tertiary/aromatic N) is 1. The molecule has 0 unspecified atom stereocenters. The Balaban J connectivity index is 3.39. The zero-order chi connectivity index (χ0) is 9.35. The highest BCUT2D eigenvalue weighted by molar-refractivity contribution is 7.89. The smallest absolute Gasteiger partial charge is 0.239 e. The lowest BCUT2D eigenvalue weighted by Crippen LogP contribution is -2.14. The Bertz CT molecular complexity index is 399. The molecule has 66 valence electrons. The fourth-order valence-corrected chi connectivity index (χ4v) is 1.57. The Morgan fingerprint density at radius 3 is 2.50 bits per heavy atom. The van der Waals surface area contributed by atoms with Gasteiger partial charge >= 0.3 is 0 Å². The molecule has 0 aliphatic heterocycles. The summed E-state index contributed by atoms with van der Waals surface area (Å²) in [6.07, 6.45) is 1.15. The minimum absolute atomic E-state index is 0.0108. The van der Waals surface area contributed by atoms with Crippen molar-refractivity contribution >= 4 is 15.8 Å². The van der Waals surface area contributed by atoms with Crippen LogP contribution in [0.5, 0.6) is 0 Å². The van der Waals surface area contributed by atoms with E-state index < -0.39 is 10.0 Å². The van der Waals surface area contributed by atoms with Gasteiger partial charge in [-0.15, -0.1) is 0 Å². The molecule has 0 bridgehead atoms. The van der Waals surface area contributed by atoms with E-state index in [1.165, 1.54) is 6.07 Å². The fourth-order valence-electron chi connectivity index (χ4n) is 0.863. The van der Waals surface area contributed by atoms with Crippen LogP contribution in [0.1, 0.15) is 5.56 Å². The molecule has 0 fully saturated rings. The Kier molecular flexibility index (Phi) is 2.03. The first-order valence-corrected chi connectivity index (χ1v) is 4.71. The second-order valence-electron chi connectivity index (χ2n) is 2.42. The molecule has 1 heterocycles. The summed E-state index contributed by atoms with van der Waals surface area (Å²) in [4.78, 5) is 3.64. The number of pyridine rings is 1. The number of nitrogen functional groups attached to an aromatic ring is 1. The molecule has 0 saturated carbocycles. The molecule has 0 radical (unpaired) electrons. The van der Waals surface area contributed by atoms with E-state index in [4.69, 9.17) is 10.9 Å². The van der Waals surface area contributed by atoms with E-state index in [2.05, 4.69) is 4.98 Å². The summed E-state index contributed by atoms with van der Waals surface area (Å²) >= 11 is 0. The number of rotatable bonds is 1. The molecule has 0 amide bonds. The topological polar surface area (TPSA) is 99.1 Å². The predicted octanol–water partition coefficient (Wildman–Crippen LogP) is -0.380. The first-order chi connectivity index (χ1) is 5.41. The summed E-state index contributed by atoms with van der Waals surface area (Å²) in [7, 11) is -3.67. The summed E-state index contributed by atoms with van der Waals surface area (Å²) in [5, 5.41) is 4.90. The van der Waals surface area contributed by atoms with E-state index in [1.54, 1.807) is 6.92 Å². The van der Waals surface area contributed by atoms with Crippen molar-refractivity contribution in [3.05, 3.63) is 17.8 Å². The molecule has 1 aromatic heterocycles. The van der Waals surface area contributed by atoms with Crippen molar-refractivity contribution < 1.29 is 8.42 Å². The number of hydrogen-bond acceptors (Lipinski definition) is 4. The Labute approximate surface area is 70.5 Å². The number of aromatic nitrogens is 1. The van der Waals surface area contributed by atoms with Crippen LogP contribution in [0.15, 0.2) is 17.2 Å². The monoisotopic (exact) mass is 187 g/mol. The van der Waals surface area contributed by atoms with Crippen molar-refractivity contribution in [2.24, 2.45) is 5.14 Å². The van der Waals surface area contributed by atoms with Crippen LogP contribution in [0, 0.1) is 6.92 Å². The standard InChI is InChI=1S/C6H9N3O2S/c1-4-2-6(7)9-3-5(4)12(8,10)11/h2-3H,1H3,(H2,7,9)(H2,8,10,11). The number of sulfonamides is 1. The summed E-state index contributed by atoms with van der Waals surface area (Å²) in [6, 6.07) is 1.46. The zero-order valence-electron chi connectivity index (χ0n) is 6.48. The SMILES string of the molecule is Cc1cc(N)ncc1S(N)(=O)=O. The van der Waals surface area contributed by atoms with Crippen molar-refractivity contribution in [1.29, 1.82) is 0 Å². The molecule has 0 aliphatic carbocycles. The van der Waals surface area contributed by atoms with Gasteiger partial charge in [0.25, 0.3) is 0 Å². The molecule has 12 heavy (non-hydrogen) atoms. The first-order valence-electron chi connectivity index (χ1n) is 3.16. The van der Waals surface area contributed by atoms with Crippen LogP contribution < -0.4 is 10.9 Å². The van der Waals surface area contributed by atoms with Gasteiger partial charge < -0.3 is 5.73 Å². The Morgan fingerprint density at radius 1 is 1.50 bits per heavy atom. The molecule has 5 nitrogen and oxygen atoms in total. The highest BCUT2D eigenvalue weighted by Gasteiger charge is 2.11.